The fourth-order valence-electron chi connectivity index (χ4n) is 6.97. The van der Waals surface area contributed by atoms with Gasteiger partial charge < -0.3 is 29.3 Å². The van der Waals surface area contributed by atoms with Gasteiger partial charge in [0.15, 0.2) is 11.6 Å². The molecular formula is C35H46FN7O4. The monoisotopic (exact) mass is 647 g/mol. The Hall–Kier alpha value is -3.87. The molecule has 2 aliphatic heterocycles. The highest BCUT2D eigenvalue weighted by atomic mass is 19.1. The fourth-order valence-corrected chi connectivity index (χ4v) is 6.97. The Morgan fingerprint density at radius 1 is 1.15 bits per heavy atom. The number of benzene rings is 1. The van der Waals surface area contributed by atoms with Crippen molar-refractivity contribution in [2.75, 3.05) is 64.4 Å². The highest BCUT2D eigenvalue weighted by Gasteiger charge is 2.54. The maximum atomic E-state index is 14.3. The second kappa shape index (κ2) is 14.5. The van der Waals surface area contributed by atoms with Gasteiger partial charge in [0.2, 0.25) is 0 Å². The molecule has 11 nitrogen and oxygen atoms in total. The highest BCUT2D eigenvalue weighted by Crippen LogP contribution is 2.52. The summed E-state index contributed by atoms with van der Waals surface area (Å²) in [5.41, 5.74) is 2.66. The zero-order valence-electron chi connectivity index (χ0n) is 27.9. The molecular weight excluding hydrogens is 601 g/mol. The van der Waals surface area contributed by atoms with E-state index in [4.69, 9.17) is 14.2 Å². The van der Waals surface area contributed by atoms with Gasteiger partial charge in [0.1, 0.15) is 29.7 Å². The number of carbonyl (C=O) groups excluding carboxylic acids is 1. The van der Waals surface area contributed by atoms with Gasteiger partial charge in [0.25, 0.3) is 5.91 Å². The van der Waals surface area contributed by atoms with Crippen molar-refractivity contribution in [2.24, 2.45) is 5.41 Å². The molecule has 0 radical (unpaired) electrons. The molecule has 1 aromatic carbocycles. The van der Waals surface area contributed by atoms with E-state index in [9.17, 15) is 9.18 Å². The van der Waals surface area contributed by atoms with Gasteiger partial charge in [-0.25, -0.2) is 14.4 Å². The van der Waals surface area contributed by atoms with Crippen LogP contribution in [-0.4, -0.2) is 102 Å². The number of amides is 1. The third-order valence-corrected chi connectivity index (χ3v) is 9.44. The summed E-state index contributed by atoms with van der Waals surface area (Å²) in [6.07, 6.45) is 7.95. The van der Waals surface area contributed by atoms with Crippen LogP contribution in [0.3, 0.4) is 0 Å². The van der Waals surface area contributed by atoms with Crippen molar-refractivity contribution < 1.29 is 23.4 Å². The Kier molecular flexibility index (Phi) is 10.2. The molecule has 2 aromatic heterocycles. The first-order valence-electron chi connectivity index (χ1n) is 16.7. The summed E-state index contributed by atoms with van der Waals surface area (Å²) in [5.74, 6) is 1.54. The Labute approximate surface area is 276 Å². The minimum Gasteiger partial charge on any atom is -0.490 e. The zero-order valence-corrected chi connectivity index (χ0v) is 27.9. The van der Waals surface area contributed by atoms with Crippen LogP contribution < -0.4 is 19.7 Å². The van der Waals surface area contributed by atoms with Crippen LogP contribution in [0, 0.1) is 11.2 Å². The molecule has 2 fully saturated rings. The minimum atomic E-state index is -0.494. The molecule has 47 heavy (non-hydrogen) atoms. The number of hydrogen-bond acceptors (Lipinski definition) is 10. The zero-order chi connectivity index (χ0) is 33.0. The lowest BCUT2D eigenvalue weighted by atomic mass is 9.61. The number of likely N-dealkylation sites (N-methyl/N-ethyl adjacent to an activating group) is 1. The van der Waals surface area contributed by atoms with E-state index in [1.54, 1.807) is 11.1 Å². The average Bonchev–Trinajstić information content (AvgIpc) is 3.03. The summed E-state index contributed by atoms with van der Waals surface area (Å²) in [6.45, 7) is 12.9. The Morgan fingerprint density at radius 3 is 2.74 bits per heavy atom. The predicted molar refractivity (Wildman–Crippen MR) is 177 cm³/mol. The molecule has 1 aliphatic carbocycles. The second-order valence-electron chi connectivity index (χ2n) is 13.1. The number of hydrogen-bond donors (Lipinski definition) is 1. The summed E-state index contributed by atoms with van der Waals surface area (Å²) >= 11 is 0. The lowest BCUT2D eigenvalue weighted by Gasteiger charge is -2.59. The van der Waals surface area contributed by atoms with Crippen molar-refractivity contribution in [3.8, 4) is 17.2 Å². The van der Waals surface area contributed by atoms with E-state index >= 15 is 0 Å². The van der Waals surface area contributed by atoms with E-state index in [-0.39, 0.29) is 34.8 Å². The van der Waals surface area contributed by atoms with Gasteiger partial charge in [-0.3, -0.25) is 14.7 Å². The van der Waals surface area contributed by atoms with Crippen LogP contribution in [-0.2, 0) is 17.7 Å². The van der Waals surface area contributed by atoms with Crippen molar-refractivity contribution in [1.82, 2.24) is 30.1 Å². The number of aromatic nitrogens is 3. The lowest BCUT2D eigenvalue weighted by molar-refractivity contribution is -0.0353. The molecule has 1 spiro atoms. The molecule has 252 valence electrons. The van der Waals surface area contributed by atoms with Crippen molar-refractivity contribution in [1.29, 1.82) is 0 Å². The largest absolute Gasteiger partial charge is 0.490 e. The first kappa shape index (κ1) is 33.0. The molecule has 6 rings (SSSR count). The fraction of sp³-hybridized carbons (Fsp3) is 0.543. The lowest BCUT2D eigenvalue weighted by Crippen LogP contribution is -2.65. The van der Waals surface area contributed by atoms with Crippen LogP contribution in [0.25, 0.3) is 0 Å². The third-order valence-electron chi connectivity index (χ3n) is 9.44. The maximum Gasteiger partial charge on any atom is 0.257 e. The van der Waals surface area contributed by atoms with E-state index in [1.807, 2.05) is 40.1 Å². The highest BCUT2D eigenvalue weighted by molar-refractivity contribution is 5.97. The molecule has 4 heterocycles. The van der Waals surface area contributed by atoms with Crippen LogP contribution in [0.15, 0.2) is 43.0 Å². The number of nitrogens with one attached hydrogen (secondary N) is 1. The SMILES string of the molecule is CCN(C(=O)c1cc(F)ccc1Oc1cncnc1N1CC2(CC(Oc3ccnc4c3CN(CCOCCNC)CC4)C2)C1)C(C)C. The van der Waals surface area contributed by atoms with Crippen LogP contribution in [0.5, 0.6) is 17.2 Å². The first-order valence-corrected chi connectivity index (χ1v) is 16.7. The predicted octanol–water partition coefficient (Wildman–Crippen LogP) is 4.32. The summed E-state index contributed by atoms with van der Waals surface area (Å²) in [6, 6.07) is 5.99. The smallest absolute Gasteiger partial charge is 0.257 e. The number of nitrogens with zero attached hydrogens (tertiary/aromatic N) is 6. The van der Waals surface area contributed by atoms with Crippen LogP contribution in [0.2, 0.25) is 0 Å². The van der Waals surface area contributed by atoms with Gasteiger partial charge in [0, 0.05) is 81.1 Å². The van der Waals surface area contributed by atoms with E-state index in [0.717, 1.165) is 76.6 Å². The molecule has 0 bridgehead atoms. The molecule has 0 atom stereocenters. The third kappa shape index (κ3) is 7.34. The summed E-state index contributed by atoms with van der Waals surface area (Å²) < 4.78 is 32.9. The van der Waals surface area contributed by atoms with Crippen LogP contribution >= 0.6 is 0 Å². The molecule has 0 unspecified atom stereocenters. The Balaban J connectivity index is 1.06. The van der Waals surface area contributed by atoms with Gasteiger partial charge in [0.05, 0.1) is 25.0 Å². The van der Waals surface area contributed by atoms with E-state index in [0.29, 0.717) is 24.7 Å². The van der Waals surface area contributed by atoms with Crippen LogP contribution in [0.1, 0.15) is 55.2 Å². The Bertz CT molecular complexity index is 1540. The molecule has 12 heteroatoms. The molecule has 1 amide bonds. The summed E-state index contributed by atoms with van der Waals surface area (Å²) in [7, 11) is 1.93. The normalized spacial score (nSPS) is 17.3. The molecule has 3 aromatic rings. The number of pyridine rings is 1. The van der Waals surface area contributed by atoms with Crippen molar-refractivity contribution in [3.05, 3.63) is 65.6 Å². The summed E-state index contributed by atoms with van der Waals surface area (Å²) in [4.78, 5) is 33.0. The number of ether oxygens (including phenoxy) is 3. The minimum absolute atomic E-state index is 0.0381. The quantitative estimate of drug-likeness (QED) is 0.255. The van der Waals surface area contributed by atoms with E-state index in [1.165, 1.54) is 30.1 Å². The van der Waals surface area contributed by atoms with Crippen molar-refractivity contribution in [2.45, 2.75) is 58.7 Å². The van der Waals surface area contributed by atoms with Crippen molar-refractivity contribution in [3.63, 3.8) is 0 Å². The second-order valence-corrected chi connectivity index (χ2v) is 13.1. The Morgan fingerprint density at radius 2 is 1.98 bits per heavy atom. The number of anilines is 1. The summed E-state index contributed by atoms with van der Waals surface area (Å²) in [5, 5.41) is 3.11. The van der Waals surface area contributed by atoms with Gasteiger partial charge in [-0.15, -0.1) is 0 Å². The maximum absolute atomic E-state index is 14.3. The number of halogens is 1. The van der Waals surface area contributed by atoms with Crippen LogP contribution in [0.4, 0.5) is 10.2 Å². The standard InChI is InChI=1S/C35H46FN7O4/c1-5-43(24(2)3)34(44)27-16-25(36)6-7-30(27)47-32-19-38-23-40-33(32)42-21-35(22-42)17-26(18-35)46-31-8-10-39-29-9-12-41(20-28(29)31)13-15-45-14-11-37-4/h6-8,10,16,19,23-24,26,37H,5,9,11-15,17-18,20-22H2,1-4H3. The van der Waals surface area contributed by atoms with E-state index < -0.39 is 5.82 Å². The molecule has 3 aliphatic rings. The topological polar surface area (TPSA) is 105 Å². The van der Waals surface area contributed by atoms with Gasteiger partial charge in [-0.05, 0) is 64.9 Å². The van der Waals surface area contributed by atoms with Gasteiger partial charge >= 0.3 is 0 Å². The van der Waals surface area contributed by atoms with Gasteiger partial charge in [-0.1, -0.05) is 0 Å². The molecule has 1 saturated heterocycles. The van der Waals surface area contributed by atoms with Gasteiger partial charge in [-0.2, -0.15) is 0 Å². The molecule has 1 saturated carbocycles. The number of carbonyl (C=O) groups is 1. The number of fused-ring (bicyclic) bond motifs is 1. The first-order chi connectivity index (χ1) is 22.8. The number of rotatable bonds is 14. The molecule has 1 N–H and O–H groups in total. The van der Waals surface area contributed by atoms with E-state index in [2.05, 4.69) is 30.1 Å². The average molecular weight is 648 g/mol. The van der Waals surface area contributed by atoms with Crippen molar-refractivity contribution >= 4 is 11.7 Å².